The van der Waals surface area contributed by atoms with E-state index in [9.17, 15) is 4.39 Å². The molecule has 0 unspecified atom stereocenters. The highest BCUT2D eigenvalue weighted by molar-refractivity contribution is 7.17. The maximum Gasteiger partial charge on any atom is 0.136 e. The predicted octanol–water partition coefficient (Wildman–Crippen LogP) is 4.83. The fraction of sp³-hybridized carbons (Fsp3) is 0. The molecule has 0 aliphatic carbocycles. The molecule has 0 spiro atoms. The van der Waals surface area contributed by atoms with Crippen molar-refractivity contribution in [2.45, 2.75) is 0 Å². The molecule has 0 aliphatic rings. The molecule has 1 aromatic heterocycles. The van der Waals surface area contributed by atoms with Gasteiger partial charge in [-0.05, 0) is 47.8 Å². The third kappa shape index (κ3) is 2.01. The van der Waals surface area contributed by atoms with Crippen molar-refractivity contribution in [2.75, 3.05) is 0 Å². The summed E-state index contributed by atoms with van der Waals surface area (Å²) < 4.78 is 19.7. The van der Waals surface area contributed by atoms with Gasteiger partial charge in [0.25, 0.3) is 0 Å². The first-order valence-electron chi connectivity index (χ1n) is 5.22. The van der Waals surface area contributed by atoms with Crippen LogP contribution in [0.25, 0.3) is 10.1 Å². The van der Waals surface area contributed by atoms with Gasteiger partial charge in [0.1, 0.15) is 17.3 Å². The first-order chi connectivity index (χ1) is 8.33. The van der Waals surface area contributed by atoms with E-state index in [1.807, 2.05) is 23.6 Å². The van der Waals surface area contributed by atoms with E-state index in [1.165, 1.54) is 16.8 Å². The van der Waals surface area contributed by atoms with Gasteiger partial charge in [0.2, 0.25) is 0 Å². The Morgan fingerprint density at radius 2 is 1.76 bits per heavy atom. The molecule has 1 nitrogen and oxygen atoms in total. The van der Waals surface area contributed by atoms with Crippen LogP contribution in [0, 0.1) is 5.82 Å². The lowest BCUT2D eigenvalue weighted by atomic mass is 10.2. The predicted molar refractivity (Wildman–Crippen MR) is 68.3 cm³/mol. The van der Waals surface area contributed by atoms with Crippen LogP contribution in [0.2, 0.25) is 0 Å². The minimum atomic E-state index is -0.258. The van der Waals surface area contributed by atoms with E-state index < -0.39 is 0 Å². The molecule has 84 valence electrons. The van der Waals surface area contributed by atoms with Crippen molar-refractivity contribution in [1.82, 2.24) is 0 Å². The Balaban J connectivity index is 1.99. The van der Waals surface area contributed by atoms with Crippen LogP contribution in [0.1, 0.15) is 0 Å². The van der Waals surface area contributed by atoms with Crippen LogP contribution in [0.15, 0.2) is 53.9 Å². The minimum Gasteiger partial charge on any atom is -0.457 e. The third-order valence-electron chi connectivity index (χ3n) is 2.50. The van der Waals surface area contributed by atoms with Crippen LogP contribution < -0.4 is 4.74 Å². The van der Waals surface area contributed by atoms with Gasteiger partial charge in [0.15, 0.2) is 0 Å². The molecule has 0 fully saturated rings. The second-order valence-electron chi connectivity index (χ2n) is 3.64. The van der Waals surface area contributed by atoms with E-state index in [1.54, 1.807) is 23.5 Å². The Morgan fingerprint density at radius 3 is 2.59 bits per heavy atom. The minimum absolute atomic E-state index is 0.258. The van der Waals surface area contributed by atoms with Crippen molar-refractivity contribution in [3.05, 3.63) is 59.7 Å². The van der Waals surface area contributed by atoms with E-state index >= 15 is 0 Å². The Kier molecular flexibility index (Phi) is 2.53. The second-order valence-corrected chi connectivity index (χ2v) is 4.59. The molecule has 0 amide bonds. The number of hydrogen-bond donors (Lipinski definition) is 0. The third-order valence-corrected chi connectivity index (χ3v) is 3.38. The number of hydrogen-bond acceptors (Lipinski definition) is 2. The van der Waals surface area contributed by atoms with Crippen LogP contribution >= 0.6 is 11.3 Å². The maximum absolute atomic E-state index is 12.8. The van der Waals surface area contributed by atoms with Gasteiger partial charge in [-0.2, -0.15) is 0 Å². The van der Waals surface area contributed by atoms with Crippen molar-refractivity contribution in [2.24, 2.45) is 0 Å². The summed E-state index contributed by atoms with van der Waals surface area (Å²) >= 11 is 1.67. The first kappa shape index (κ1) is 10.3. The number of halogens is 1. The number of thiophene rings is 1. The summed E-state index contributed by atoms with van der Waals surface area (Å²) in [7, 11) is 0. The summed E-state index contributed by atoms with van der Waals surface area (Å²) in [5.41, 5.74) is 0. The summed E-state index contributed by atoms with van der Waals surface area (Å²) in [5, 5.41) is 3.11. The smallest absolute Gasteiger partial charge is 0.136 e. The number of rotatable bonds is 2. The Labute approximate surface area is 102 Å². The molecule has 3 heteroatoms. The molecule has 2 aromatic carbocycles. The monoisotopic (exact) mass is 244 g/mol. The van der Waals surface area contributed by atoms with E-state index in [4.69, 9.17) is 4.74 Å². The molecule has 0 saturated heterocycles. The van der Waals surface area contributed by atoms with Crippen LogP contribution in [0.3, 0.4) is 0 Å². The summed E-state index contributed by atoms with van der Waals surface area (Å²) in [6, 6.07) is 14.0. The molecular weight excluding hydrogens is 235 g/mol. The molecule has 0 bridgehead atoms. The highest BCUT2D eigenvalue weighted by atomic mass is 32.1. The van der Waals surface area contributed by atoms with Crippen molar-refractivity contribution in [3.63, 3.8) is 0 Å². The van der Waals surface area contributed by atoms with Crippen molar-refractivity contribution in [1.29, 1.82) is 0 Å². The topological polar surface area (TPSA) is 9.23 Å². The molecule has 3 aromatic rings. The number of ether oxygens (including phenoxy) is 1. The summed E-state index contributed by atoms with van der Waals surface area (Å²) in [5.74, 6) is 1.19. The molecule has 0 radical (unpaired) electrons. The van der Waals surface area contributed by atoms with Gasteiger partial charge in [-0.25, -0.2) is 4.39 Å². The van der Waals surface area contributed by atoms with Crippen LogP contribution in [-0.2, 0) is 0 Å². The van der Waals surface area contributed by atoms with Gasteiger partial charge in [-0.1, -0.05) is 6.07 Å². The number of fused-ring (bicyclic) bond motifs is 1. The fourth-order valence-corrected chi connectivity index (χ4v) is 2.49. The van der Waals surface area contributed by atoms with Gasteiger partial charge < -0.3 is 4.74 Å². The Morgan fingerprint density at radius 1 is 0.941 bits per heavy atom. The van der Waals surface area contributed by atoms with Crippen molar-refractivity contribution in [3.8, 4) is 11.5 Å². The van der Waals surface area contributed by atoms with E-state index in [-0.39, 0.29) is 5.82 Å². The zero-order valence-corrected chi connectivity index (χ0v) is 9.71. The SMILES string of the molecule is Fc1ccc(Oc2cccc3sccc23)cc1. The maximum atomic E-state index is 12.8. The van der Waals surface area contributed by atoms with Gasteiger partial charge in [0.05, 0.1) is 0 Å². The zero-order chi connectivity index (χ0) is 11.7. The lowest BCUT2D eigenvalue weighted by Crippen LogP contribution is -1.84. The van der Waals surface area contributed by atoms with Crippen LogP contribution in [0.4, 0.5) is 4.39 Å². The average Bonchev–Trinajstić information content (AvgIpc) is 2.81. The quantitative estimate of drug-likeness (QED) is 0.627. The molecule has 3 rings (SSSR count). The van der Waals surface area contributed by atoms with Gasteiger partial charge in [0, 0.05) is 10.1 Å². The van der Waals surface area contributed by atoms with E-state index in [0.717, 1.165) is 11.1 Å². The normalized spacial score (nSPS) is 10.6. The first-order valence-corrected chi connectivity index (χ1v) is 6.10. The highest BCUT2D eigenvalue weighted by Crippen LogP contribution is 2.32. The molecule has 0 saturated carbocycles. The van der Waals surface area contributed by atoms with Crippen LogP contribution in [0.5, 0.6) is 11.5 Å². The van der Waals surface area contributed by atoms with Gasteiger partial charge >= 0.3 is 0 Å². The lowest BCUT2D eigenvalue weighted by Gasteiger charge is -2.06. The molecule has 0 aliphatic heterocycles. The largest absolute Gasteiger partial charge is 0.457 e. The average molecular weight is 244 g/mol. The molecule has 17 heavy (non-hydrogen) atoms. The van der Waals surface area contributed by atoms with E-state index in [2.05, 4.69) is 6.07 Å². The second kappa shape index (κ2) is 4.18. The summed E-state index contributed by atoms with van der Waals surface area (Å²) in [6.45, 7) is 0. The zero-order valence-electron chi connectivity index (χ0n) is 8.89. The Bertz CT molecular complexity index is 643. The highest BCUT2D eigenvalue weighted by Gasteiger charge is 2.04. The van der Waals surface area contributed by atoms with Crippen molar-refractivity contribution >= 4 is 21.4 Å². The van der Waals surface area contributed by atoms with Gasteiger partial charge in [-0.3, -0.25) is 0 Å². The van der Waals surface area contributed by atoms with Crippen molar-refractivity contribution < 1.29 is 9.13 Å². The lowest BCUT2D eigenvalue weighted by molar-refractivity contribution is 0.486. The molecule has 1 heterocycles. The Hall–Kier alpha value is -1.87. The van der Waals surface area contributed by atoms with Crippen LogP contribution in [-0.4, -0.2) is 0 Å². The molecule has 0 N–H and O–H groups in total. The summed E-state index contributed by atoms with van der Waals surface area (Å²) in [4.78, 5) is 0. The summed E-state index contributed by atoms with van der Waals surface area (Å²) in [6.07, 6.45) is 0. The fourth-order valence-electron chi connectivity index (χ4n) is 1.68. The van der Waals surface area contributed by atoms with Gasteiger partial charge in [-0.15, -0.1) is 11.3 Å². The molecule has 0 atom stereocenters. The van der Waals surface area contributed by atoms with E-state index in [0.29, 0.717) is 5.75 Å². The molecular formula is C14H9FOS. The standard InChI is InChI=1S/C14H9FOS/c15-10-4-6-11(7-5-10)16-13-2-1-3-14-12(13)8-9-17-14/h1-9H. The number of benzene rings is 2.